The number of aliphatic hydroxyl groups excluding tert-OH is 2. The first kappa shape index (κ1) is 16.3. The van der Waals surface area contributed by atoms with Crippen molar-refractivity contribution in [1.82, 2.24) is 0 Å². The SMILES string of the molecule is CCCCOCC(O)COc1ccc2c(c1)C(O)CCC2. The van der Waals surface area contributed by atoms with Gasteiger partial charge in [-0.3, -0.25) is 0 Å². The van der Waals surface area contributed by atoms with Gasteiger partial charge < -0.3 is 19.7 Å². The molecule has 0 heterocycles. The van der Waals surface area contributed by atoms with E-state index in [0.29, 0.717) is 19.0 Å². The molecule has 0 bridgehead atoms. The van der Waals surface area contributed by atoms with E-state index in [1.165, 1.54) is 5.56 Å². The van der Waals surface area contributed by atoms with E-state index >= 15 is 0 Å². The summed E-state index contributed by atoms with van der Waals surface area (Å²) in [4.78, 5) is 0. The molecule has 0 radical (unpaired) electrons. The Hall–Kier alpha value is -1.10. The summed E-state index contributed by atoms with van der Waals surface area (Å²) in [6.07, 6.45) is 3.94. The quantitative estimate of drug-likeness (QED) is 0.724. The van der Waals surface area contributed by atoms with Crippen LogP contribution < -0.4 is 4.74 Å². The van der Waals surface area contributed by atoms with Gasteiger partial charge in [0.15, 0.2) is 0 Å². The molecule has 0 aromatic heterocycles. The Labute approximate surface area is 126 Å². The lowest BCUT2D eigenvalue weighted by atomic mass is 9.89. The van der Waals surface area contributed by atoms with Crippen LogP contribution in [0.1, 0.15) is 49.8 Å². The van der Waals surface area contributed by atoms with Crippen LogP contribution in [0.3, 0.4) is 0 Å². The van der Waals surface area contributed by atoms with Crippen LogP contribution in [0.2, 0.25) is 0 Å². The predicted molar refractivity (Wildman–Crippen MR) is 81.6 cm³/mol. The molecule has 0 saturated heterocycles. The Morgan fingerprint density at radius 1 is 1.33 bits per heavy atom. The van der Waals surface area contributed by atoms with Crippen LogP contribution >= 0.6 is 0 Å². The Balaban J connectivity index is 1.79. The number of ether oxygens (including phenoxy) is 2. The number of unbranched alkanes of at least 4 members (excludes halogenated alkanes) is 1. The minimum absolute atomic E-state index is 0.209. The van der Waals surface area contributed by atoms with Crippen molar-refractivity contribution < 1.29 is 19.7 Å². The molecule has 2 atom stereocenters. The first-order chi connectivity index (χ1) is 10.2. The Morgan fingerprint density at radius 3 is 3.00 bits per heavy atom. The number of rotatable bonds is 8. The fourth-order valence-electron chi connectivity index (χ4n) is 2.55. The average Bonchev–Trinajstić information content (AvgIpc) is 2.50. The number of fused-ring (bicyclic) bond motifs is 1. The summed E-state index contributed by atoms with van der Waals surface area (Å²) in [5.74, 6) is 0.697. The highest BCUT2D eigenvalue weighted by Crippen LogP contribution is 2.32. The van der Waals surface area contributed by atoms with Crippen LogP contribution in [0.4, 0.5) is 0 Å². The zero-order chi connectivity index (χ0) is 15.1. The third-order valence-corrected chi connectivity index (χ3v) is 3.79. The molecule has 0 amide bonds. The van der Waals surface area contributed by atoms with Crippen LogP contribution in [0.25, 0.3) is 0 Å². The third-order valence-electron chi connectivity index (χ3n) is 3.79. The molecule has 0 saturated carbocycles. The lowest BCUT2D eigenvalue weighted by Crippen LogP contribution is -2.23. The lowest BCUT2D eigenvalue weighted by molar-refractivity contribution is 0.0112. The van der Waals surface area contributed by atoms with E-state index in [9.17, 15) is 10.2 Å². The fourth-order valence-corrected chi connectivity index (χ4v) is 2.55. The maximum Gasteiger partial charge on any atom is 0.119 e. The Kier molecular flexibility index (Phi) is 6.49. The molecule has 21 heavy (non-hydrogen) atoms. The van der Waals surface area contributed by atoms with Gasteiger partial charge in [-0.1, -0.05) is 19.4 Å². The highest BCUT2D eigenvalue weighted by atomic mass is 16.5. The van der Waals surface area contributed by atoms with Crippen molar-refractivity contribution in [2.75, 3.05) is 19.8 Å². The summed E-state index contributed by atoms with van der Waals surface area (Å²) in [7, 11) is 0. The smallest absolute Gasteiger partial charge is 0.119 e. The molecular weight excluding hydrogens is 268 g/mol. The van der Waals surface area contributed by atoms with Gasteiger partial charge in [0.2, 0.25) is 0 Å². The van der Waals surface area contributed by atoms with E-state index in [1.807, 2.05) is 18.2 Å². The van der Waals surface area contributed by atoms with Gasteiger partial charge >= 0.3 is 0 Å². The van der Waals surface area contributed by atoms with Crippen molar-refractivity contribution in [3.63, 3.8) is 0 Å². The largest absolute Gasteiger partial charge is 0.491 e. The highest BCUT2D eigenvalue weighted by Gasteiger charge is 2.18. The van der Waals surface area contributed by atoms with Crippen molar-refractivity contribution >= 4 is 0 Å². The van der Waals surface area contributed by atoms with Crippen LogP contribution in [0, 0.1) is 0 Å². The van der Waals surface area contributed by atoms with Crippen LogP contribution in [0.15, 0.2) is 18.2 Å². The summed E-state index contributed by atoms with van der Waals surface area (Å²) in [6.45, 7) is 3.29. The lowest BCUT2D eigenvalue weighted by Gasteiger charge is -2.22. The Bertz CT molecular complexity index is 433. The second-order valence-electron chi connectivity index (χ2n) is 5.66. The molecule has 1 aromatic carbocycles. The summed E-state index contributed by atoms with van der Waals surface area (Å²) in [5.41, 5.74) is 2.16. The molecule has 1 aliphatic carbocycles. The molecule has 0 spiro atoms. The average molecular weight is 294 g/mol. The molecule has 1 aliphatic rings. The van der Waals surface area contributed by atoms with Gasteiger partial charge in [-0.2, -0.15) is 0 Å². The number of aliphatic hydroxyl groups is 2. The molecule has 1 aromatic rings. The summed E-state index contributed by atoms with van der Waals surface area (Å²) in [5, 5.41) is 19.8. The minimum atomic E-state index is -0.622. The Morgan fingerprint density at radius 2 is 2.19 bits per heavy atom. The van der Waals surface area contributed by atoms with Crippen molar-refractivity contribution in [2.24, 2.45) is 0 Å². The normalized spacial score (nSPS) is 19.1. The minimum Gasteiger partial charge on any atom is -0.491 e. The van der Waals surface area contributed by atoms with E-state index in [0.717, 1.165) is 37.7 Å². The highest BCUT2D eigenvalue weighted by molar-refractivity contribution is 5.38. The predicted octanol–water partition coefficient (Wildman–Crippen LogP) is 2.61. The second-order valence-corrected chi connectivity index (χ2v) is 5.66. The first-order valence-corrected chi connectivity index (χ1v) is 7.90. The zero-order valence-electron chi connectivity index (χ0n) is 12.8. The standard InChI is InChI=1S/C17H26O4/c1-2-3-9-20-11-14(18)12-21-15-8-7-13-5-4-6-17(19)16(13)10-15/h7-8,10,14,17-19H,2-6,9,11-12H2,1H3. The molecule has 4 heteroatoms. The summed E-state index contributed by atoms with van der Waals surface area (Å²) < 4.78 is 11.0. The molecule has 2 N–H and O–H groups in total. The number of hydrogen-bond acceptors (Lipinski definition) is 4. The van der Waals surface area contributed by atoms with E-state index < -0.39 is 6.10 Å². The van der Waals surface area contributed by atoms with Gasteiger partial charge in [0.05, 0.1) is 12.7 Å². The number of aryl methyl sites for hydroxylation is 1. The second kappa shape index (κ2) is 8.37. The molecule has 0 fully saturated rings. The molecule has 2 unspecified atom stereocenters. The van der Waals surface area contributed by atoms with Crippen molar-refractivity contribution in [3.8, 4) is 5.75 Å². The van der Waals surface area contributed by atoms with Crippen molar-refractivity contribution in [2.45, 2.75) is 51.2 Å². The van der Waals surface area contributed by atoms with E-state index in [2.05, 4.69) is 6.92 Å². The van der Waals surface area contributed by atoms with E-state index in [-0.39, 0.29) is 12.7 Å². The van der Waals surface area contributed by atoms with Gasteiger partial charge in [0.25, 0.3) is 0 Å². The van der Waals surface area contributed by atoms with Gasteiger partial charge in [-0.25, -0.2) is 0 Å². The van der Waals surface area contributed by atoms with E-state index in [1.54, 1.807) is 0 Å². The summed E-state index contributed by atoms with van der Waals surface area (Å²) >= 11 is 0. The fraction of sp³-hybridized carbons (Fsp3) is 0.647. The molecule has 4 nitrogen and oxygen atoms in total. The van der Waals surface area contributed by atoms with Crippen molar-refractivity contribution in [3.05, 3.63) is 29.3 Å². The monoisotopic (exact) mass is 294 g/mol. The summed E-state index contributed by atoms with van der Waals surface area (Å²) in [6, 6.07) is 5.81. The molecule has 118 valence electrons. The number of hydrogen-bond donors (Lipinski definition) is 2. The van der Waals surface area contributed by atoms with Crippen molar-refractivity contribution in [1.29, 1.82) is 0 Å². The van der Waals surface area contributed by atoms with Crippen LogP contribution in [-0.2, 0) is 11.2 Å². The van der Waals surface area contributed by atoms with E-state index in [4.69, 9.17) is 9.47 Å². The van der Waals surface area contributed by atoms with Crippen LogP contribution in [-0.4, -0.2) is 36.1 Å². The number of benzene rings is 1. The van der Waals surface area contributed by atoms with Crippen LogP contribution in [0.5, 0.6) is 5.75 Å². The van der Waals surface area contributed by atoms with Gasteiger partial charge in [-0.05, 0) is 48.9 Å². The van der Waals surface area contributed by atoms with Gasteiger partial charge in [0, 0.05) is 6.61 Å². The first-order valence-electron chi connectivity index (χ1n) is 7.90. The molecule has 2 rings (SSSR count). The zero-order valence-corrected chi connectivity index (χ0v) is 12.8. The molecular formula is C17H26O4. The maximum absolute atomic E-state index is 10.0. The van der Waals surface area contributed by atoms with Gasteiger partial charge in [-0.15, -0.1) is 0 Å². The topological polar surface area (TPSA) is 58.9 Å². The third kappa shape index (κ3) is 4.99. The van der Waals surface area contributed by atoms with Gasteiger partial charge in [0.1, 0.15) is 18.5 Å². The molecule has 0 aliphatic heterocycles. The maximum atomic E-state index is 10.0.